The molecule has 6 nitrogen and oxygen atoms in total. The SMILES string of the molecule is CCCCCn1nc(C(=O)N2CCN(Cc3ccc(Cl)cc3)CC2)c2ccccc2c1=O. The van der Waals surface area contributed by atoms with Gasteiger partial charge in [0.25, 0.3) is 11.5 Å². The monoisotopic (exact) mass is 452 g/mol. The number of nitrogens with zero attached hydrogens (tertiary/aromatic N) is 4. The Morgan fingerprint density at radius 3 is 2.34 bits per heavy atom. The fourth-order valence-corrected chi connectivity index (χ4v) is 4.29. The highest BCUT2D eigenvalue weighted by Gasteiger charge is 2.25. The molecule has 1 amide bonds. The summed E-state index contributed by atoms with van der Waals surface area (Å²) in [5.41, 5.74) is 1.46. The van der Waals surface area contributed by atoms with Crippen molar-refractivity contribution < 1.29 is 4.79 Å². The topological polar surface area (TPSA) is 58.4 Å². The van der Waals surface area contributed by atoms with Gasteiger partial charge in [-0.3, -0.25) is 14.5 Å². The van der Waals surface area contributed by atoms with Gasteiger partial charge >= 0.3 is 0 Å². The number of piperazine rings is 1. The molecular formula is C25H29ClN4O2. The van der Waals surface area contributed by atoms with Gasteiger partial charge in [-0.25, -0.2) is 4.68 Å². The van der Waals surface area contributed by atoms with E-state index >= 15 is 0 Å². The molecule has 1 aliphatic rings. The molecule has 0 atom stereocenters. The van der Waals surface area contributed by atoms with E-state index in [1.54, 1.807) is 6.07 Å². The largest absolute Gasteiger partial charge is 0.335 e. The number of halogens is 1. The molecule has 168 valence electrons. The van der Waals surface area contributed by atoms with Gasteiger partial charge in [0.2, 0.25) is 0 Å². The number of rotatable bonds is 7. The molecule has 0 spiro atoms. The van der Waals surface area contributed by atoms with Crippen molar-refractivity contribution in [1.29, 1.82) is 0 Å². The van der Waals surface area contributed by atoms with Crippen LogP contribution >= 0.6 is 11.6 Å². The van der Waals surface area contributed by atoms with Crippen molar-refractivity contribution in [2.75, 3.05) is 26.2 Å². The lowest BCUT2D eigenvalue weighted by molar-refractivity contribution is 0.0622. The van der Waals surface area contributed by atoms with Crippen LogP contribution in [0.15, 0.2) is 53.3 Å². The second-order valence-corrected chi connectivity index (χ2v) is 8.76. The Balaban J connectivity index is 1.50. The number of carbonyl (C=O) groups excluding carboxylic acids is 1. The molecule has 2 heterocycles. The third-order valence-electron chi connectivity index (χ3n) is 6.02. The Hall–Kier alpha value is -2.70. The lowest BCUT2D eigenvalue weighted by Crippen LogP contribution is -2.48. The Morgan fingerprint density at radius 1 is 0.969 bits per heavy atom. The number of fused-ring (bicyclic) bond motifs is 1. The molecule has 0 radical (unpaired) electrons. The lowest BCUT2D eigenvalue weighted by atomic mass is 10.1. The van der Waals surface area contributed by atoms with Crippen LogP contribution < -0.4 is 5.56 Å². The highest BCUT2D eigenvalue weighted by Crippen LogP contribution is 2.18. The molecule has 1 saturated heterocycles. The van der Waals surface area contributed by atoms with Crippen LogP contribution in [0.2, 0.25) is 5.02 Å². The van der Waals surface area contributed by atoms with Crippen molar-refractivity contribution in [3.8, 4) is 0 Å². The molecule has 0 N–H and O–H groups in total. The first kappa shape index (κ1) is 22.5. The summed E-state index contributed by atoms with van der Waals surface area (Å²) in [6.07, 6.45) is 2.97. The summed E-state index contributed by atoms with van der Waals surface area (Å²) in [6.45, 7) is 6.35. The van der Waals surface area contributed by atoms with Gasteiger partial charge < -0.3 is 4.90 Å². The summed E-state index contributed by atoms with van der Waals surface area (Å²) >= 11 is 5.98. The highest BCUT2D eigenvalue weighted by atomic mass is 35.5. The van der Waals surface area contributed by atoms with Crippen LogP contribution in [0.1, 0.15) is 42.2 Å². The van der Waals surface area contributed by atoms with Gasteiger partial charge in [-0.05, 0) is 30.2 Å². The number of unbranched alkanes of at least 4 members (excludes halogenated alkanes) is 2. The predicted molar refractivity (Wildman–Crippen MR) is 128 cm³/mol. The van der Waals surface area contributed by atoms with Crippen LogP contribution in [-0.4, -0.2) is 51.7 Å². The van der Waals surface area contributed by atoms with Crippen molar-refractivity contribution in [2.24, 2.45) is 0 Å². The molecule has 1 aromatic heterocycles. The molecule has 0 bridgehead atoms. The molecule has 32 heavy (non-hydrogen) atoms. The number of aromatic nitrogens is 2. The van der Waals surface area contributed by atoms with E-state index in [0.717, 1.165) is 43.9 Å². The zero-order valence-electron chi connectivity index (χ0n) is 18.5. The fourth-order valence-electron chi connectivity index (χ4n) is 4.16. The van der Waals surface area contributed by atoms with Crippen molar-refractivity contribution in [1.82, 2.24) is 19.6 Å². The first-order chi connectivity index (χ1) is 15.6. The summed E-state index contributed by atoms with van der Waals surface area (Å²) < 4.78 is 1.47. The van der Waals surface area contributed by atoms with E-state index in [9.17, 15) is 9.59 Å². The first-order valence-electron chi connectivity index (χ1n) is 11.3. The number of hydrogen-bond acceptors (Lipinski definition) is 4. The van der Waals surface area contributed by atoms with Gasteiger partial charge in [0, 0.05) is 49.7 Å². The van der Waals surface area contributed by atoms with E-state index in [2.05, 4.69) is 16.9 Å². The maximum atomic E-state index is 13.4. The maximum Gasteiger partial charge on any atom is 0.275 e. The maximum absolute atomic E-state index is 13.4. The quantitative estimate of drug-likeness (QED) is 0.504. The molecule has 2 aromatic carbocycles. The van der Waals surface area contributed by atoms with E-state index < -0.39 is 0 Å². The zero-order valence-corrected chi connectivity index (χ0v) is 19.2. The van der Waals surface area contributed by atoms with Gasteiger partial charge in [-0.2, -0.15) is 5.10 Å². The molecule has 1 fully saturated rings. The Kier molecular flexibility index (Phi) is 7.22. The zero-order chi connectivity index (χ0) is 22.5. The number of amides is 1. The van der Waals surface area contributed by atoms with E-state index in [-0.39, 0.29) is 11.5 Å². The van der Waals surface area contributed by atoms with Gasteiger partial charge in [0.05, 0.1) is 5.39 Å². The smallest absolute Gasteiger partial charge is 0.275 e. The standard InChI is InChI=1S/C25H29ClN4O2/c1-2-3-6-13-30-24(31)22-8-5-4-7-21(22)23(27-30)25(32)29-16-14-28(15-17-29)18-19-9-11-20(26)12-10-19/h4-5,7-12H,2-3,6,13-18H2,1H3. The van der Waals surface area contributed by atoms with E-state index in [1.807, 2.05) is 47.4 Å². The Bertz CT molecular complexity index is 1130. The van der Waals surface area contributed by atoms with Gasteiger partial charge in [-0.1, -0.05) is 61.7 Å². The van der Waals surface area contributed by atoms with Gasteiger partial charge in [0.15, 0.2) is 5.69 Å². The molecule has 3 aromatic rings. The number of benzene rings is 2. The van der Waals surface area contributed by atoms with Crippen LogP contribution in [0.25, 0.3) is 10.8 Å². The summed E-state index contributed by atoms with van der Waals surface area (Å²) in [4.78, 5) is 30.5. The Labute approximate surface area is 193 Å². The van der Waals surface area contributed by atoms with Crippen molar-refractivity contribution in [2.45, 2.75) is 39.3 Å². The minimum absolute atomic E-state index is 0.100. The van der Waals surface area contributed by atoms with E-state index in [1.165, 1.54) is 10.2 Å². The summed E-state index contributed by atoms with van der Waals surface area (Å²) in [6, 6.07) is 15.2. The fraction of sp³-hybridized carbons (Fsp3) is 0.400. The van der Waals surface area contributed by atoms with Gasteiger partial charge in [0.1, 0.15) is 0 Å². The lowest BCUT2D eigenvalue weighted by Gasteiger charge is -2.34. The van der Waals surface area contributed by atoms with Crippen molar-refractivity contribution >= 4 is 28.3 Å². The van der Waals surface area contributed by atoms with E-state index in [0.29, 0.717) is 36.1 Å². The molecule has 7 heteroatoms. The highest BCUT2D eigenvalue weighted by molar-refractivity contribution is 6.30. The Morgan fingerprint density at radius 2 is 1.66 bits per heavy atom. The number of hydrogen-bond donors (Lipinski definition) is 0. The van der Waals surface area contributed by atoms with Crippen LogP contribution in [0.3, 0.4) is 0 Å². The minimum atomic E-state index is -0.124. The van der Waals surface area contributed by atoms with Crippen LogP contribution in [0.4, 0.5) is 0 Å². The van der Waals surface area contributed by atoms with Gasteiger partial charge in [-0.15, -0.1) is 0 Å². The molecule has 0 unspecified atom stereocenters. The average Bonchev–Trinajstić information content (AvgIpc) is 2.82. The molecule has 0 saturated carbocycles. The summed E-state index contributed by atoms with van der Waals surface area (Å²) in [5.74, 6) is -0.100. The second kappa shape index (κ2) is 10.3. The molecular weight excluding hydrogens is 424 g/mol. The third-order valence-corrected chi connectivity index (χ3v) is 6.27. The summed E-state index contributed by atoms with van der Waals surface area (Å²) in [5, 5.41) is 6.46. The predicted octanol–water partition coefficient (Wildman–Crippen LogP) is 4.20. The minimum Gasteiger partial charge on any atom is -0.335 e. The first-order valence-corrected chi connectivity index (χ1v) is 11.7. The van der Waals surface area contributed by atoms with Crippen molar-refractivity contribution in [3.63, 3.8) is 0 Å². The number of carbonyl (C=O) groups is 1. The molecule has 0 aliphatic carbocycles. The second-order valence-electron chi connectivity index (χ2n) is 8.32. The molecule has 4 rings (SSSR count). The normalized spacial score (nSPS) is 14.8. The molecule has 1 aliphatic heterocycles. The third kappa shape index (κ3) is 5.03. The van der Waals surface area contributed by atoms with E-state index in [4.69, 9.17) is 11.6 Å². The van der Waals surface area contributed by atoms with Crippen LogP contribution in [0.5, 0.6) is 0 Å². The number of aryl methyl sites for hydroxylation is 1. The average molecular weight is 453 g/mol. The van der Waals surface area contributed by atoms with Crippen LogP contribution in [-0.2, 0) is 13.1 Å². The van der Waals surface area contributed by atoms with Crippen LogP contribution in [0, 0.1) is 0 Å². The van der Waals surface area contributed by atoms with Crippen molar-refractivity contribution in [3.05, 3.63) is 75.2 Å². The summed E-state index contributed by atoms with van der Waals surface area (Å²) in [7, 11) is 0.